The molecule has 0 aliphatic heterocycles. The van der Waals surface area contributed by atoms with Crippen molar-refractivity contribution in [3.8, 4) is 0 Å². The fraction of sp³-hybridized carbons (Fsp3) is 0.500. The molecule has 2 heteroatoms. The highest BCUT2D eigenvalue weighted by atomic mass is 15.1. The quantitative estimate of drug-likeness (QED) is 0.728. The molecule has 0 fully saturated rings. The molecule has 2 unspecified atom stereocenters. The van der Waals surface area contributed by atoms with Crippen LogP contribution in [0.15, 0.2) is 24.3 Å². The lowest BCUT2D eigenvalue weighted by Gasteiger charge is -2.35. The van der Waals surface area contributed by atoms with E-state index in [-0.39, 0.29) is 6.04 Å². The summed E-state index contributed by atoms with van der Waals surface area (Å²) in [5.41, 5.74) is 9.01. The Bertz CT molecular complexity index is 320. The first-order valence-corrected chi connectivity index (χ1v) is 5.20. The molecule has 1 aliphatic rings. The van der Waals surface area contributed by atoms with E-state index in [1.54, 1.807) is 0 Å². The molecule has 2 rings (SSSR count). The summed E-state index contributed by atoms with van der Waals surface area (Å²) in [6.07, 6.45) is 2.33. The Morgan fingerprint density at radius 2 is 2.00 bits per heavy atom. The first kappa shape index (κ1) is 9.69. The predicted octanol–water partition coefficient (Wildman–Crippen LogP) is 1.56. The van der Waals surface area contributed by atoms with Crippen LogP contribution in [0.25, 0.3) is 0 Å². The molecule has 0 spiro atoms. The van der Waals surface area contributed by atoms with Crippen LogP contribution in [0.1, 0.15) is 23.6 Å². The van der Waals surface area contributed by atoms with Crippen LogP contribution in [0.2, 0.25) is 0 Å². The van der Waals surface area contributed by atoms with Gasteiger partial charge in [0.2, 0.25) is 0 Å². The van der Waals surface area contributed by atoms with Gasteiger partial charge in [0, 0.05) is 12.1 Å². The SMILES string of the molecule is CN(C)C1CCc2ccccc2C1N. The normalized spacial score (nSPS) is 26.3. The van der Waals surface area contributed by atoms with Gasteiger partial charge in [-0.2, -0.15) is 0 Å². The van der Waals surface area contributed by atoms with Crippen LogP contribution < -0.4 is 5.73 Å². The molecule has 1 aliphatic carbocycles. The summed E-state index contributed by atoms with van der Waals surface area (Å²) in [5.74, 6) is 0. The van der Waals surface area contributed by atoms with Crippen LogP contribution in [-0.4, -0.2) is 25.0 Å². The van der Waals surface area contributed by atoms with E-state index in [4.69, 9.17) is 5.73 Å². The summed E-state index contributed by atoms with van der Waals surface area (Å²) in [6, 6.07) is 9.20. The second-order valence-corrected chi connectivity index (χ2v) is 4.29. The van der Waals surface area contributed by atoms with Gasteiger partial charge in [-0.3, -0.25) is 0 Å². The summed E-state index contributed by atoms with van der Waals surface area (Å²) in [6.45, 7) is 0. The number of hydrogen-bond donors (Lipinski definition) is 1. The van der Waals surface area contributed by atoms with Crippen LogP contribution in [0, 0.1) is 0 Å². The second kappa shape index (κ2) is 3.71. The van der Waals surface area contributed by atoms with Gasteiger partial charge < -0.3 is 10.6 Å². The van der Waals surface area contributed by atoms with E-state index >= 15 is 0 Å². The average Bonchev–Trinajstić information content (AvgIpc) is 2.18. The van der Waals surface area contributed by atoms with Gasteiger partial charge in [-0.05, 0) is 38.1 Å². The molecular formula is C12H18N2. The van der Waals surface area contributed by atoms with Crippen LogP contribution >= 0.6 is 0 Å². The van der Waals surface area contributed by atoms with Gasteiger partial charge in [0.1, 0.15) is 0 Å². The molecule has 14 heavy (non-hydrogen) atoms. The molecule has 1 aromatic carbocycles. The Hall–Kier alpha value is -0.860. The molecule has 0 amide bonds. The zero-order valence-electron chi connectivity index (χ0n) is 8.90. The van der Waals surface area contributed by atoms with E-state index in [9.17, 15) is 0 Å². The molecule has 2 atom stereocenters. The van der Waals surface area contributed by atoms with E-state index in [0.29, 0.717) is 6.04 Å². The number of benzene rings is 1. The van der Waals surface area contributed by atoms with Gasteiger partial charge >= 0.3 is 0 Å². The van der Waals surface area contributed by atoms with Crippen molar-refractivity contribution in [3.05, 3.63) is 35.4 Å². The molecule has 0 bridgehead atoms. The number of nitrogens with two attached hydrogens (primary N) is 1. The van der Waals surface area contributed by atoms with Crippen LogP contribution in [-0.2, 0) is 6.42 Å². The van der Waals surface area contributed by atoms with Crippen molar-refractivity contribution < 1.29 is 0 Å². The third-order valence-electron chi connectivity index (χ3n) is 3.20. The Morgan fingerprint density at radius 3 is 2.71 bits per heavy atom. The first-order valence-electron chi connectivity index (χ1n) is 5.20. The molecule has 0 radical (unpaired) electrons. The largest absolute Gasteiger partial charge is 0.323 e. The summed E-state index contributed by atoms with van der Waals surface area (Å²) in [4.78, 5) is 2.24. The monoisotopic (exact) mass is 190 g/mol. The minimum atomic E-state index is 0.176. The Labute approximate surface area is 85.7 Å². The molecule has 1 aromatic rings. The summed E-state index contributed by atoms with van der Waals surface area (Å²) in [7, 11) is 4.22. The molecule has 0 saturated carbocycles. The van der Waals surface area contributed by atoms with E-state index in [1.807, 2.05) is 0 Å². The topological polar surface area (TPSA) is 29.3 Å². The fourth-order valence-electron chi connectivity index (χ4n) is 2.36. The molecule has 0 aromatic heterocycles. The third-order valence-corrected chi connectivity index (χ3v) is 3.20. The molecule has 2 N–H and O–H groups in total. The van der Waals surface area contributed by atoms with Crippen molar-refractivity contribution in [2.24, 2.45) is 5.73 Å². The molecule has 0 heterocycles. The van der Waals surface area contributed by atoms with Crippen molar-refractivity contribution in [1.82, 2.24) is 4.90 Å². The Kier molecular flexibility index (Phi) is 2.57. The number of fused-ring (bicyclic) bond motifs is 1. The lowest BCUT2D eigenvalue weighted by atomic mass is 9.84. The Balaban J connectivity index is 2.31. The third kappa shape index (κ3) is 1.56. The number of likely N-dealkylation sites (N-methyl/N-ethyl adjacent to an activating group) is 1. The van der Waals surface area contributed by atoms with E-state index in [0.717, 1.165) is 6.42 Å². The maximum atomic E-state index is 6.25. The molecule has 76 valence electrons. The molecule has 0 saturated heterocycles. The van der Waals surface area contributed by atoms with Crippen LogP contribution in [0.4, 0.5) is 0 Å². The lowest BCUT2D eigenvalue weighted by molar-refractivity contribution is 0.231. The minimum Gasteiger partial charge on any atom is -0.323 e. The van der Waals surface area contributed by atoms with Gasteiger partial charge in [0.25, 0.3) is 0 Å². The molecule has 2 nitrogen and oxygen atoms in total. The van der Waals surface area contributed by atoms with Crippen molar-refractivity contribution in [1.29, 1.82) is 0 Å². The zero-order valence-corrected chi connectivity index (χ0v) is 8.90. The van der Waals surface area contributed by atoms with E-state index in [1.165, 1.54) is 17.5 Å². The van der Waals surface area contributed by atoms with E-state index in [2.05, 4.69) is 43.3 Å². The zero-order chi connectivity index (χ0) is 10.1. The highest BCUT2D eigenvalue weighted by Crippen LogP contribution is 2.29. The highest BCUT2D eigenvalue weighted by molar-refractivity contribution is 5.33. The van der Waals surface area contributed by atoms with E-state index < -0.39 is 0 Å². The minimum absolute atomic E-state index is 0.176. The molecular weight excluding hydrogens is 172 g/mol. The van der Waals surface area contributed by atoms with Crippen molar-refractivity contribution in [2.75, 3.05) is 14.1 Å². The first-order chi connectivity index (χ1) is 6.70. The van der Waals surface area contributed by atoms with Gasteiger partial charge in [-0.15, -0.1) is 0 Å². The van der Waals surface area contributed by atoms with Crippen LogP contribution in [0.3, 0.4) is 0 Å². The summed E-state index contributed by atoms with van der Waals surface area (Å²) in [5, 5.41) is 0. The summed E-state index contributed by atoms with van der Waals surface area (Å²) < 4.78 is 0. The number of rotatable bonds is 1. The predicted molar refractivity (Wildman–Crippen MR) is 59.2 cm³/mol. The van der Waals surface area contributed by atoms with Crippen molar-refractivity contribution >= 4 is 0 Å². The van der Waals surface area contributed by atoms with Gasteiger partial charge in [-0.1, -0.05) is 24.3 Å². The number of aryl methyl sites for hydroxylation is 1. The number of nitrogens with zero attached hydrogens (tertiary/aromatic N) is 1. The maximum absolute atomic E-state index is 6.25. The standard InChI is InChI=1S/C12H18N2/c1-14(2)11-8-7-9-5-3-4-6-10(9)12(11)13/h3-6,11-12H,7-8,13H2,1-2H3. The maximum Gasteiger partial charge on any atom is 0.0455 e. The smallest absolute Gasteiger partial charge is 0.0455 e. The van der Waals surface area contributed by atoms with Gasteiger partial charge in [-0.25, -0.2) is 0 Å². The fourth-order valence-corrected chi connectivity index (χ4v) is 2.36. The highest BCUT2D eigenvalue weighted by Gasteiger charge is 2.27. The number of hydrogen-bond acceptors (Lipinski definition) is 2. The van der Waals surface area contributed by atoms with Crippen molar-refractivity contribution in [3.63, 3.8) is 0 Å². The van der Waals surface area contributed by atoms with Gasteiger partial charge in [0.05, 0.1) is 0 Å². The summed E-state index contributed by atoms with van der Waals surface area (Å²) >= 11 is 0. The average molecular weight is 190 g/mol. The Morgan fingerprint density at radius 1 is 1.29 bits per heavy atom. The van der Waals surface area contributed by atoms with Crippen LogP contribution in [0.5, 0.6) is 0 Å². The van der Waals surface area contributed by atoms with Crippen molar-refractivity contribution in [2.45, 2.75) is 24.9 Å². The lowest BCUT2D eigenvalue weighted by Crippen LogP contribution is -2.41. The van der Waals surface area contributed by atoms with Gasteiger partial charge in [0.15, 0.2) is 0 Å². The second-order valence-electron chi connectivity index (χ2n) is 4.29.